The van der Waals surface area contributed by atoms with Gasteiger partial charge in [0.1, 0.15) is 11.6 Å². The van der Waals surface area contributed by atoms with Gasteiger partial charge in [0.05, 0.1) is 16.0 Å². The maximum atomic E-state index is 13.5. The lowest BCUT2D eigenvalue weighted by Crippen LogP contribution is -2.23. The van der Waals surface area contributed by atoms with E-state index in [1.807, 2.05) is 6.07 Å². The maximum Gasteiger partial charge on any atom is 0.237 e. The Morgan fingerprint density at radius 3 is 2.71 bits per heavy atom. The van der Waals surface area contributed by atoms with E-state index in [0.29, 0.717) is 5.03 Å². The minimum absolute atomic E-state index is 0.0439. The van der Waals surface area contributed by atoms with Crippen molar-refractivity contribution in [3.8, 4) is 0 Å². The van der Waals surface area contributed by atoms with E-state index in [0.717, 1.165) is 16.6 Å². The molecule has 3 nitrogen and oxygen atoms in total. The highest BCUT2D eigenvalue weighted by Gasteiger charge is 2.17. The van der Waals surface area contributed by atoms with E-state index < -0.39 is 16.9 Å². The Kier molecular flexibility index (Phi) is 5.30. The van der Waals surface area contributed by atoms with Gasteiger partial charge in [0, 0.05) is 16.7 Å². The SMILES string of the molecule is CC(Sc1ccc(Br)cn1)C(=O)Nc1ccc(F)cc1F. The summed E-state index contributed by atoms with van der Waals surface area (Å²) >= 11 is 4.52. The number of amides is 1. The molecule has 0 aliphatic carbocycles. The molecular weight excluding hydrogens is 362 g/mol. The fraction of sp³-hybridized carbons (Fsp3) is 0.143. The summed E-state index contributed by atoms with van der Waals surface area (Å²) in [6, 6.07) is 6.60. The third-order valence-electron chi connectivity index (χ3n) is 2.56. The Balaban J connectivity index is 2.00. The molecule has 1 heterocycles. The van der Waals surface area contributed by atoms with Gasteiger partial charge in [-0.2, -0.15) is 0 Å². The van der Waals surface area contributed by atoms with Crippen molar-refractivity contribution in [2.24, 2.45) is 0 Å². The molecule has 0 saturated heterocycles. The quantitative estimate of drug-likeness (QED) is 0.816. The average molecular weight is 373 g/mol. The number of carbonyl (C=O) groups is 1. The first-order valence-corrected chi connectivity index (χ1v) is 7.67. The summed E-state index contributed by atoms with van der Waals surface area (Å²) in [7, 11) is 0. The first-order chi connectivity index (χ1) is 9.95. The molecule has 2 rings (SSSR count). The molecule has 0 fully saturated rings. The second kappa shape index (κ2) is 7.00. The lowest BCUT2D eigenvalue weighted by Gasteiger charge is -2.12. The van der Waals surface area contributed by atoms with E-state index in [1.165, 1.54) is 17.8 Å². The Morgan fingerprint density at radius 1 is 1.33 bits per heavy atom. The highest BCUT2D eigenvalue weighted by Crippen LogP contribution is 2.24. The summed E-state index contributed by atoms with van der Waals surface area (Å²) in [5, 5.41) is 2.64. The average Bonchev–Trinajstić information content (AvgIpc) is 2.44. The van der Waals surface area contributed by atoms with Gasteiger partial charge in [-0.3, -0.25) is 4.79 Å². The highest BCUT2D eigenvalue weighted by atomic mass is 79.9. The number of hydrogen-bond acceptors (Lipinski definition) is 3. The molecular formula is C14H11BrF2N2OS. The molecule has 1 N–H and O–H groups in total. The number of thioether (sulfide) groups is 1. The predicted molar refractivity (Wildman–Crippen MR) is 82.2 cm³/mol. The van der Waals surface area contributed by atoms with E-state index in [1.54, 1.807) is 19.2 Å². The third kappa shape index (κ3) is 4.50. The summed E-state index contributed by atoms with van der Waals surface area (Å²) in [4.78, 5) is 16.1. The standard InChI is InChI=1S/C14H11BrF2N2OS/c1-8(21-13-5-2-9(15)7-18-13)14(20)19-12-4-3-10(16)6-11(12)17/h2-8H,1H3,(H,19,20). The van der Waals surface area contributed by atoms with Crippen molar-refractivity contribution in [1.29, 1.82) is 0 Å². The van der Waals surface area contributed by atoms with Crippen LogP contribution in [0.5, 0.6) is 0 Å². The first-order valence-electron chi connectivity index (χ1n) is 6.00. The number of rotatable bonds is 4. The van der Waals surface area contributed by atoms with Gasteiger partial charge >= 0.3 is 0 Å². The minimum Gasteiger partial charge on any atom is -0.323 e. The van der Waals surface area contributed by atoms with Gasteiger partial charge in [-0.05, 0) is 47.1 Å². The van der Waals surface area contributed by atoms with Crippen molar-refractivity contribution in [2.45, 2.75) is 17.2 Å². The zero-order chi connectivity index (χ0) is 15.4. The largest absolute Gasteiger partial charge is 0.323 e. The number of hydrogen-bond donors (Lipinski definition) is 1. The van der Waals surface area contributed by atoms with Crippen LogP contribution in [-0.4, -0.2) is 16.1 Å². The molecule has 1 aromatic carbocycles. The van der Waals surface area contributed by atoms with Crippen LogP contribution in [0.2, 0.25) is 0 Å². The van der Waals surface area contributed by atoms with Crippen LogP contribution < -0.4 is 5.32 Å². The van der Waals surface area contributed by atoms with Crippen LogP contribution in [0.15, 0.2) is 46.0 Å². The van der Waals surface area contributed by atoms with E-state index in [2.05, 4.69) is 26.2 Å². The smallest absolute Gasteiger partial charge is 0.237 e. The van der Waals surface area contributed by atoms with Crippen molar-refractivity contribution in [2.75, 3.05) is 5.32 Å². The number of nitrogens with one attached hydrogen (secondary N) is 1. The van der Waals surface area contributed by atoms with Crippen LogP contribution in [0.25, 0.3) is 0 Å². The molecule has 0 bridgehead atoms. The van der Waals surface area contributed by atoms with Crippen molar-refractivity contribution in [1.82, 2.24) is 4.98 Å². The number of aromatic nitrogens is 1. The normalized spacial score (nSPS) is 12.0. The van der Waals surface area contributed by atoms with Crippen LogP contribution in [0.4, 0.5) is 14.5 Å². The monoisotopic (exact) mass is 372 g/mol. The van der Waals surface area contributed by atoms with Gasteiger partial charge in [0.25, 0.3) is 0 Å². The molecule has 0 radical (unpaired) electrons. The minimum atomic E-state index is -0.803. The summed E-state index contributed by atoms with van der Waals surface area (Å²) in [6.07, 6.45) is 1.63. The molecule has 110 valence electrons. The lowest BCUT2D eigenvalue weighted by molar-refractivity contribution is -0.115. The van der Waals surface area contributed by atoms with Crippen LogP contribution >= 0.6 is 27.7 Å². The third-order valence-corrected chi connectivity index (χ3v) is 4.08. The second-order valence-corrected chi connectivity index (χ2v) is 6.46. The fourth-order valence-electron chi connectivity index (χ4n) is 1.49. The summed E-state index contributed by atoms with van der Waals surface area (Å²) in [5.41, 5.74) is -0.0439. The zero-order valence-corrected chi connectivity index (χ0v) is 13.3. The molecule has 1 amide bonds. The molecule has 0 aliphatic rings. The van der Waals surface area contributed by atoms with Gasteiger partial charge in [0.2, 0.25) is 5.91 Å². The van der Waals surface area contributed by atoms with Crippen LogP contribution in [0, 0.1) is 11.6 Å². The van der Waals surface area contributed by atoms with Gasteiger partial charge in [0.15, 0.2) is 0 Å². The fourth-order valence-corrected chi connectivity index (χ4v) is 2.51. The van der Waals surface area contributed by atoms with Gasteiger partial charge in [-0.15, -0.1) is 0 Å². The Bertz CT molecular complexity index is 652. The Hall–Kier alpha value is -1.47. The van der Waals surface area contributed by atoms with E-state index in [9.17, 15) is 13.6 Å². The van der Waals surface area contributed by atoms with E-state index in [-0.39, 0.29) is 11.6 Å². The summed E-state index contributed by atoms with van der Waals surface area (Å²) in [6.45, 7) is 1.69. The van der Waals surface area contributed by atoms with Crippen molar-refractivity contribution in [3.05, 3.63) is 52.6 Å². The molecule has 0 aliphatic heterocycles. The Morgan fingerprint density at radius 2 is 2.10 bits per heavy atom. The molecule has 1 atom stereocenters. The van der Waals surface area contributed by atoms with Crippen LogP contribution in [-0.2, 0) is 4.79 Å². The second-order valence-electron chi connectivity index (χ2n) is 4.19. The van der Waals surface area contributed by atoms with Gasteiger partial charge < -0.3 is 5.32 Å². The van der Waals surface area contributed by atoms with Gasteiger partial charge in [-0.1, -0.05) is 11.8 Å². The molecule has 7 heteroatoms. The number of pyridine rings is 1. The lowest BCUT2D eigenvalue weighted by atomic mass is 10.3. The highest BCUT2D eigenvalue weighted by molar-refractivity contribution is 9.10. The van der Waals surface area contributed by atoms with Crippen molar-refractivity contribution in [3.63, 3.8) is 0 Å². The van der Waals surface area contributed by atoms with E-state index in [4.69, 9.17) is 0 Å². The molecule has 2 aromatic rings. The summed E-state index contributed by atoms with van der Waals surface area (Å²) < 4.78 is 27.1. The number of carbonyl (C=O) groups excluding carboxylic acids is 1. The summed E-state index contributed by atoms with van der Waals surface area (Å²) in [5.74, 6) is -1.87. The molecule has 1 aromatic heterocycles. The Labute approximate surface area is 133 Å². The molecule has 0 spiro atoms. The van der Waals surface area contributed by atoms with Crippen molar-refractivity contribution >= 4 is 39.3 Å². The number of benzene rings is 1. The van der Waals surface area contributed by atoms with Crippen LogP contribution in [0.1, 0.15) is 6.92 Å². The predicted octanol–water partition coefficient (Wildman–Crippen LogP) is 4.24. The maximum absolute atomic E-state index is 13.5. The number of halogens is 3. The topological polar surface area (TPSA) is 42.0 Å². The van der Waals surface area contributed by atoms with Crippen molar-refractivity contribution < 1.29 is 13.6 Å². The first kappa shape index (κ1) is 15.9. The molecule has 21 heavy (non-hydrogen) atoms. The number of nitrogens with zero attached hydrogens (tertiary/aromatic N) is 1. The van der Waals surface area contributed by atoms with Crippen LogP contribution in [0.3, 0.4) is 0 Å². The molecule has 1 unspecified atom stereocenters. The number of anilines is 1. The van der Waals surface area contributed by atoms with E-state index >= 15 is 0 Å². The zero-order valence-electron chi connectivity index (χ0n) is 10.9. The molecule has 0 saturated carbocycles. The van der Waals surface area contributed by atoms with Gasteiger partial charge in [-0.25, -0.2) is 13.8 Å².